The number of thioether (sulfide) groups is 1. The number of nitrogens with zero attached hydrogens (tertiary/aromatic N) is 2. The normalized spacial score (nSPS) is 13.0. The van der Waals surface area contributed by atoms with Gasteiger partial charge in [0.1, 0.15) is 11.6 Å². The topological polar surface area (TPSA) is 47.0 Å². The van der Waals surface area contributed by atoms with Crippen LogP contribution in [-0.2, 0) is 11.5 Å². The summed E-state index contributed by atoms with van der Waals surface area (Å²) in [5.41, 5.74) is 3.41. The third kappa shape index (κ3) is 2.97. The van der Waals surface area contributed by atoms with Gasteiger partial charge in [0.2, 0.25) is 0 Å². The quantitative estimate of drug-likeness (QED) is 0.912. The Morgan fingerprint density at radius 2 is 2.14 bits per heavy atom. The van der Waals surface area contributed by atoms with Crippen molar-refractivity contribution >= 4 is 17.6 Å². The van der Waals surface area contributed by atoms with Gasteiger partial charge in [-0.15, -0.1) is 0 Å². The van der Waals surface area contributed by atoms with Gasteiger partial charge in [0.05, 0.1) is 12.3 Å². The first-order valence-corrected chi connectivity index (χ1v) is 8.42. The van der Waals surface area contributed by atoms with Crippen molar-refractivity contribution in [2.24, 2.45) is 0 Å². The molecule has 1 N–H and O–H groups in total. The van der Waals surface area contributed by atoms with Crippen LogP contribution in [0.3, 0.4) is 0 Å². The van der Waals surface area contributed by atoms with E-state index >= 15 is 0 Å². The van der Waals surface area contributed by atoms with Crippen molar-refractivity contribution in [3.8, 4) is 17.1 Å². The van der Waals surface area contributed by atoms with Crippen LogP contribution in [0.15, 0.2) is 24.3 Å². The monoisotopic (exact) mass is 301 g/mol. The minimum absolute atomic E-state index is 0.660. The summed E-state index contributed by atoms with van der Waals surface area (Å²) in [6.07, 6.45) is 0. The molecule has 21 heavy (non-hydrogen) atoms. The highest BCUT2D eigenvalue weighted by molar-refractivity contribution is 7.98. The van der Waals surface area contributed by atoms with Gasteiger partial charge in [-0.2, -0.15) is 11.8 Å². The Morgan fingerprint density at radius 3 is 2.95 bits per heavy atom. The van der Waals surface area contributed by atoms with Crippen molar-refractivity contribution in [1.82, 2.24) is 9.97 Å². The molecule has 2 aromatic rings. The van der Waals surface area contributed by atoms with Crippen LogP contribution in [0.25, 0.3) is 11.4 Å². The summed E-state index contributed by atoms with van der Waals surface area (Å²) in [6, 6.07) is 7.98. The van der Waals surface area contributed by atoms with Crippen molar-refractivity contribution in [3.63, 3.8) is 0 Å². The summed E-state index contributed by atoms with van der Waals surface area (Å²) < 4.78 is 5.56. The second-order valence-corrected chi connectivity index (χ2v) is 5.79. The third-order valence-electron chi connectivity index (χ3n) is 3.33. The van der Waals surface area contributed by atoms with E-state index in [2.05, 4.69) is 12.2 Å². The van der Waals surface area contributed by atoms with E-state index in [4.69, 9.17) is 14.7 Å². The molecule has 0 bridgehead atoms. The minimum Gasteiger partial charge on any atom is -0.494 e. The second kappa shape index (κ2) is 6.35. The Hall–Kier alpha value is -1.75. The van der Waals surface area contributed by atoms with E-state index in [0.717, 1.165) is 46.7 Å². The SMILES string of the molecule is CCNc1nc(-c2cccc(OCC)c2)nc2c1CSC2. The molecule has 4 nitrogen and oxygen atoms in total. The van der Waals surface area contributed by atoms with Gasteiger partial charge in [0.25, 0.3) is 0 Å². The van der Waals surface area contributed by atoms with Gasteiger partial charge in [-0.05, 0) is 26.0 Å². The highest BCUT2D eigenvalue weighted by Crippen LogP contribution is 2.34. The zero-order valence-electron chi connectivity index (χ0n) is 12.3. The van der Waals surface area contributed by atoms with Crippen LogP contribution in [0.5, 0.6) is 5.75 Å². The van der Waals surface area contributed by atoms with Crippen molar-refractivity contribution < 1.29 is 4.74 Å². The van der Waals surface area contributed by atoms with Gasteiger partial charge in [0.15, 0.2) is 5.82 Å². The van der Waals surface area contributed by atoms with Gasteiger partial charge in [0, 0.05) is 29.2 Å². The van der Waals surface area contributed by atoms with Crippen LogP contribution in [-0.4, -0.2) is 23.1 Å². The molecule has 0 saturated heterocycles. The van der Waals surface area contributed by atoms with Crippen molar-refractivity contribution in [2.45, 2.75) is 25.4 Å². The average Bonchev–Trinajstić information content (AvgIpc) is 2.97. The number of rotatable bonds is 5. The molecular formula is C16H19N3OS. The fraction of sp³-hybridized carbons (Fsp3) is 0.375. The van der Waals surface area contributed by atoms with Crippen LogP contribution in [0.2, 0.25) is 0 Å². The van der Waals surface area contributed by atoms with Crippen molar-refractivity contribution in [3.05, 3.63) is 35.5 Å². The molecule has 5 heteroatoms. The molecule has 1 aliphatic rings. The molecule has 1 aromatic carbocycles. The van der Waals surface area contributed by atoms with E-state index in [1.54, 1.807) is 0 Å². The van der Waals surface area contributed by atoms with Crippen LogP contribution in [0, 0.1) is 0 Å². The predicted molar refractivity (Wildman–Crippen MR) is 87.8 cm³/mol. The number of benzene rings is 1. The van der Waals surface area contributed by atoms with Crippen LogP contribution in [0.4, 0.5) is 5.82 Å². The maximum Gasteiger partial charge on any atom is 0.161 e. The number of anilines is 1. The Kier molecular flexibility index (Phi) is 4.29. The number of fused-ring (bicyclic) bond motifs is 1. The minimum atomic E-state index is 0.660. The summed E-state index contributed by atoms with van der Waals surface area (Å²) in [4.78, 5) is 9.45. The molecule has 3 rings (SSSR count). The van der Waals surface area contributed by atoms with Gasteiger partial charge in [-0.1, -0.05) is 12.1 Å². The molecule has 0 saturated carbocycles. The average molecular weight is 301 g/mol. The molecule has 0 unspecified atom stereocenters. The van der Waals surface area contributed by atoms with E-state index in [0.29, 0.717) is 6.61 Å². The van der Waals surface area contributed by atoms with Crippen LogP contribution >= 0.6 is 11.8 Å². The number of ether oxygens (including phenoxy) is 1. The van der Waals surface area contributed by atoms with Gasteiger partial charge >= 0.3 is 0 Å². The Labute approximate surface area is 129 Å². The lowest BCUT2D eigenvalue weighted by atomic mass is 10.1. The van der Waals surface area contributed by atoms with E-state index in [1.807, 2.05) is 43.0 Å². The molecule has 1 aromatic heterocycles. The van der Waals surface area contributed by atoms with E-state index in [1.165, 1.54) is 5.56 Å². The van der Waals surface area contributed by atoms with Gasteiger partial charge in [-0.3, -0.25) is 0 Å². The maximum absolute atomic E-state index is 5.56. The number of nitrogens with one attached hydrogen (secondary N) is 1. The molecule has 0 fully saturated rings. The zero-order chi connectivity index (χ0) is 14.7. The number of aromatic nitrogens is 2. The largest absolute Gasteiger partial charge is 0.494 e. The van der Waals surface area contributed by atoms with Crippen LogP contribution in [0.1, 0.15) is 25.1 Å². The van der Waals surface area contributed by atoms with Gasteiger partial charge < -0.3 is 10.1 Å². The van der Waals surface area contributed by atoms with Crippen molar-refractivity contribution in [1.29, 1.82) is 0 Å². The number of hydrogen-bond acceptors (Lipinski definition) is 5. The van der Waals surface area contributed by atoms with E-state index in [-0.39, 0.29) is 0 Å². The lowest BCUT2D eigenvalue weighted by molar-refractivity contribution is 0.340. The molecule has 0 spiro atoms. The first-order valence-electron chi connectivity index (χ1n) is 7.26. The lowest BCUT2D eigenvalue weighted by Crippen LogP contribution is -2.06. The Bertz CT molecular complexity index is 645. The molecule has 1 aliphatic heterocycles. The fourth-order valence-electron chi connectivity index (χ4n) is 2.39. The molecule has 0 radical (unpaired) electrons. The summed E-state index contributed by atoms with van der Waals surface area (Å²) in [5, 5.41) is 3.36. The third-order valence-corrected chi connectivity index (χ3v) is 4.30. The van der Waals surface area contributed by atoms with E-state index < -0.39 is 0 Å². The lowest BCUT2D eigenvalue weighted by Gasteiger charge is -2.11. The maximum atomic E-state index is 5.56. The second-order valence-electron chi connectivity index (χ2n) is 4.81. The molecule has 110 valence electrons. The first kappa shape index (κ1) is 14.2. The highest BCUT2D eigenvalue weighted by atomic mass is 32.2. The van der Waals surface area contributed by atoms with Crippen molar-refractivity contribution in [2.75, 3.05) is 18.5 Å². The molecule has 0 amide bonds. The summed E-state index contributed by atoms with van der Waals surface area (Å²) in [7, 11) is 0. The summed E-state index contributed by atoms with van der Waals surface area (Å²) >= 11 is 1.89. The predicted octanol–water partition coefficient (Wildman–Crippen LogP) is 3.72. The van der Waals surface area contributed by atoms with E-state index in [9.17, 15) is 0 Å². The highest BCUT2D eigenvalue weighted by Gasteiger charge is 2.20. The van der Waals surface area contributed by atoms with Gasteiger partial charge in [-0.25, -0.2) is 9.97 Å². The van der Waals surface area contributed by atoms with Crippen LogP contribution < -0.4 is 10.1 Å². The standard InChI is InChI=1S/C16H19N3OS/c1-3-17-16-13-9-21-10-14(13)18-15(19-16)11-6-5-7-12(8-11)20-4-2/h5-8H,3-4,9-10H2,1-2H3,(H,17,18,19). The molecular weight excluding hydrogens is 282 g/mol. The Balaban J connectivity index is 2.02. The molecule has 2 heterocycles. The zero-order valence-corrected chi connectivity index (χ0v) is 13.2. The first-order chi connectivity index (χ1) is 10.3. The summed E-state index contributed by atoms with van der Waals surface area (Å²) in [6.45, 7) is 5.60. The molecule has 0 aliphatic carbocycles. The number of hydrogen-bond donors (Lipinski definition) is 1. The smallest absolute Gasteiger partial charge is 0.161 e. The molecule has 0 atom stereocenters. The Morgan fingerprint density at radius 1 is 1.24 bits per heavy atom. The fourth-order valence-corrected chi connectivity index (χ4v) is 3.43. The summed E-state index contributed by atoms with van der Waals surface area (Å²) in [5.74, 6) is 4.57.